The SMILES string of the molecule is COc1nc(NS(=O)(=O)c2cnn3cc(Cl)ccc23)nc(OC)c1Br. The van der Waals surface area contributed by atoms with Crippen molar-refractivity contribution in [1.29, 1.82) is 0 Å². The van der Waals surface area contributed by atoms with Gasteiger partial charge in [0.25, 0.3) is 10.0 Å². The van der Waals surface area contributed by atoms with E-state index in [1.165, 1.54) is 31.1 Å². The summed E-state index contributed by atoms with van der Waals surface area (Å²) in [4.78, 5) is 7.93. The summed E-state index contributed by atoms with van der Waals surface area (Å²) in [5.74, 6) is 0.0394. The molecule has 12 heteroatoms. The van der Waals surface area contributed by atoms with Crippen LogP contribution in [0.4, 0.5) is 5.95 Å². The third-order valence-corrected chi connectivity index (χ3v) is 5.38. The average molecular weight is 449 g/mol. The maximum atomic E-state index is 12.7. The van der Waals surface area contributed by atoms with Gasteiger partial charge in [0, 0.05) is 6.20 Å². The average Bonchev–Trinajstić information content (AvgIpc) is 2.99. The smallest absolute Gasteiger partial charge is 0.267 e. The third kappa shape index (κ3) is 3.34. The first-order chi connectivity index (χ1) is 11.9. The number of hydrogen-bond acceptors (Lipinski definition) is 7. The van der Waals surface area contributed by atoms with Gasteiger partial charge in [0.2, 0.25) is 17.7 Å². The number of anilines is 1. The lowest BCUT2D eigenvalue weighted by molar-refractivity contribution is 0.368. The minimum absolute atomic E-state index is 0.0476. The van der Waals surface area contributed by atoms with E-state index >= 15 is 0 Å². The largest absolute Gasteiger partial charge is 0.480 e. The Morgan fingerprint density at radius 1 is 1.20 bits per heavy atom. The van der Waals surface area contributed by atoms with Gasteiger partial charge < -0.3 is 9.47 Å². The van der Waals surface area contributed by atoms with Crippen LogP contribution < -0.4 is 14.2 Å². The van der Waals surface area contributed by atoms with Gasteiger partial charge in [0.05, 0.1) is 31.0 Å². The number of nitrogens with one attached hydrogen (secondary N) is 1. The van der Waals surface area contributed by atoms with Gasteiger partial charge in [-0.1, -0.05) is 11.6 Å². The molecule has 3 aromatic heterocycles. The monoisotopic (exact) mass is 447 g/mol. The van der Waals surface area contributed by atoms with Crippen molar-refractivity contribution in [3.63, 3.8) is 0 Å². The summed E-state index contributed by atoms with van der Waals surface area (Å²) >= 11 is 9.09. The van der Waals surface area contributed by atoms with E-state index in [2.05, 4.69) is 35.7 Å². The van der Waals surface area contributed by atoms with Crippen molar-refractivity contribution in [3.05, 3.63) is 34.0 Å². The van der Waals surface area contributed by atoms with E-state index in [9.17, 15) is 8.42 Å². The second-order valence-corrected chi connectivity index (χ2v) is 7.55. The first kappa shape index (κ1) is 17.7. The van der Waals surface area contributed by atoms with Gasteiger partial charge >= 0.3 is 0 Å². The number of nitrogens with zero attached hydrogens (tertiary/aromatic N) is 4. The molecular formula is C13H11BrClN5O4S. The normalized spacial score (nSPS) is 11.5. The van der Waals surface area contributed by atoms with E-state index in [1.807, 2.05) is 0 Å². The number of halogens is 2. The molecule has 0 aliphatic heterocycles. The highest BCUT2D eigenvalue weighted by atomic mass is 79.9. The van der Waals surface area contributed by atoms with Crippen LogP contribution in [0.2, 0.25) is 5.02 Å². The second kappa shape index (κ2) is 6.65. The van der Waals surface area contributed by atoms with Crippen LogP contribution in [0, 0.1) is 0 Å². The first-order valence-electron chi connectivity index (χ1n) is 6.67. The van der Waals surface area contributed by atoms with E-state index in [0.717, 1.165) is 0 Å². The zero-order valence-electron chi connectivity index (χ0n) is 12.9. The molecule has 3 aromatic rings. The van der Waals surface area contributed by atoms with Crippen LogP contribution in [0.15, 0.2) is 33.9 Å². The van der Waals surface area contributed by atoms with Gasteiger partial charge in [-0.15, -0.1) is 0 Å². The van der Waals surface area contributed by atoms with Crippen molar-refractivity contribution in [2.24, 2.45) is 0 Å². The van der Waals surface area contributed by atoms with Gasteiger partial charge in [0.1, 0.15) is 9.37 Å². The number of ether oxygens (including phenoxy) is 2. The molecule has 0 aliphatic rings. The van der Waals surface area contributed by atoms with Crippen LogP contribution in [0.1, 0.15) is 0 Å². The van der Waals surface area contributed by atoms with Crippen molar-refractivity contribution in [3.8, 4) is 11.8 Å². The number of aromatic nitrogens is 4. The fourth-order valence-electron chi connectivity index (χ4n) is 2.04. The number of methoxy groups -OCH3 is 2. The van der Waals surface area contributed by atoms with E-state index < -0.39 is 10.0 Å². The van der Waals surface area contributed by atoms with Crippen molar-refractivity contribution >= 4 is 49.0 Å². The van der Waals surface area contributed by atoms with Crippen LogP contribution >= 0.6 is 27.5 Å². The lowest BCUT2D eigenvalue weighted by Gasteiger charge is -2.10. The van der Waals surface area contributed by atoms with Gasteiger partial charge in [-0.05, 0) is 28.1 Å². The van der Waals surface area contributed by atoms with Crippen molar-refractivity contribution < 1.29 is 17.9 Å². The predicted molar refractivity (Wildman–Crippen MR) is 93.8 cm³/mol. The van der Waals surface area contributed by atoms with Crippen molar-refractivity contribution in [2.45, 2.75) is 4.90 Å². The van der Waals surface area contributed by atoms with Crippen LogP contribution in [0.5, 0.6) is 11.8 Å². The predicted octanol–water partition coefficient (Wildman–Crippen LogP) is 2.36. The number of rotatable bonds is 5. The maximum Gasteiger partial charge on any atom is 0.267 e. The number of sulfonamides is 1. The molecule has 0 saturated carbocycles. The van der Waals surface area contributed by atoms with Crippen molar-refractivity contribution in [2.75, 3.05) is 18.9 Å². The van der Waals surface area contributed by atoms with Gasteiger partial charge in [0.15, 0.2) is 0 Å². The molecule has 1 N–H and O–H groups in total. The van der Waals surface area contributed by atoms with Crippen LogP contribution in [-0.4, -0.2) is 42.2 Å². The molecular weight excluding hydrogens is 438 g/mol. The fraction of sp³-hybridized carbons (Fsp3) is 0.154. The first-order valence-corrected chi connectivity index (χ1v) is 9.32. The molecule has 0 amide bonds. The van der Waals surface area contributed by atoms with E-state index in [4.69, 9.17) is 21.1 Å². The van der Waals surface area contributed by atoms with Gasteiger partial charge in [-0.3, -0.25) is 0 Å². The van der Waals surface area contributed by atoms with Crippen molar-refractivity contribution in [1.82, 2.24) is 19.6 Å². The highest BCUT2D eigenvalue weighted by Gasteiger charge is 2.23. The molecule has 3 heterocycles. The quantitative estimate of drug-likeness (QED) is 0.638. The molecule has 0 radical (unpaired) electrons. The molecule has 0 saturated heterocycles. The Labute approximate surface area is 156 Å². The number of hydrogen-bond donors (Lipinski definition) is 1. The topological polar surface area (TPSA) is 108 Å². The fourth-order valence-corrected chi connectivity index (χ4v) is 3.76. The van der Waals surface area contributed by atoms with Crippen LogP contribution in [0.3, 0.4) is 0 Å². The molecule has 9 nitrogen and oxygen atoms in total. The Morgan fingerprint density at radius 2 is 1.84 bits per heavy atom. The summed E-state index contributed by atoms with van der Waals surface area (Å²) in [5, 5.41) is 4.41. The summed E-state index contributed by atoms with van der Waals surface area (Å²) in [6.07, 6.45) is 2.71. The Morgan fingerprint density at radius 3 is 2.44 bits per heavy atom. The summed E-state index contributed by atoms with van der Waals surface area (Å²) in [7, 11) is -1.22. The lowest BCUT2D eigenvalue weighted by Crippen LogP contribution is -2.15. The second-order valence-electron chi connectivity index (χ2n) is 4.67. The molecule has 0 fully saturated rings. The molecule has 0 unspecified atom stereocenters. The summed E-state index contributed by atoms with van der Waals surface area (Å²) in [5.41, 5.74) is 0.355. The van der Waals surface area contributed by atoms with Gasteiger partial charge in [-0.2, -0.15) is 15.1 Å². The zero-order chi connectivity index (χ0) is 18.2. The van der Waals surface area contributed by atoms with E-state index in [-0.39, 0.29) is 22.6 Å². The molecule has 3 rings (SSSR count). The summed E-state index contributed by atoms with van der Waals surface area (Å²) < 4.78 is 39.5. The van der Waals surface area contributed by atoms with Gasteiger partial charge in [-0.25, -0.2) is 17.7 Å². The lowest BCUT2D eigenvalue weighted by atomic mass is 10.4. The Kier molecular flexibility index (Phi) is 4.71. The molecule has 25 heavy (non-hydrogen) atoms. The summed E-state index contributed by atoms with van der Waals surface area (Å²) in [6.45, 7) is 0. The molecule has 132 valence electrons. The minimum Gasteiger partial charge on any atom is -0.480 e. The zero-order valence-corrected chi connectivity index (χ0v) is 16.1. The minimum atomic E-state index is -4.00. The Bertz CT molecular complexity index is 1030. The van der Waals surface area contributed by atoms with Crippen LogP contribution in [-0.2, 0) is 10.0 Å². The number of fused-ring (bicyclic) bond motifs is 1. The Hall–Kier alpha value is -2.11. The highest BCUT2D eigenvalue weighted by molar-refractivity contribution is 9.10. The maximum absolute atomic E-state index is 12.7. The highest BCUT2D eigenvalue weighted by Crippen LogP contribution is 2.32. The number of pyridine rings is 1. The Balaban J connectivity index is 2.04. The molecule has 0 aromatic carbocycles. The standard InChI is InChI=1S/C13H11BrClN5O4S/c1-23-11-10(14)12(24-2)18-13(17-11)19-25(21,22)9-5-16-20-6-7(15)3-4-8(9)20/h3-6H,1-2H3,(H,17,18,19). The van der Waals surface area contributed by atoms with E-state index in [0.29, 0.717) is 15.0 Å². The van der Waals surface area contributed by atoms with Crippen LogP contribution in [0.25, 0.3) is 5.52 Å². The van der Waals surface area contributed by atoms with E-state index in [1.54, 1.807) is 12.1 Å². The third-order valence-electron chi connectivity index (χ3n) is 3.14. The molecule has 0 atom stereocenters. The molecule has 0 spiro atoms. The summed E-state index contributed by atoms with van der Waals surface area (Å²) in [6, 6.07) is 3.12. The molecule has 0 bridgehead atoms. The molecule has 0 aliphatic carbocycles.